The van der Waals surface area contributed by atoms with Gasteiger partial charge in [0.25, 0.3) is 5.91 Å². The summed E-state index contributed by atoms with van der Waals surface area (Å²) >= 11 is 0. The lowest BCUT2D eigenvalue weighted by atomic mass is 10.00. The number of nitrogens with one attached hydrogen (secondary N) is 1. The van der Waals surface area contributed by atoms with Crippen LogP contribution in [0.15, 0.2) is 53.4 Å². The first-order chi connectivity index (χ1) is 14.3. The van der Waals surface area contributed by atoms with E-state index in [1.165, 1.54) is 24.3 Å². The molecule has 0 aliphatic carbocycles. The van der Waals surface area contributed by atoms with Gasteiger partial charge in [-0.25, -0.2) is 12.8 Å². The van der Waals surface area contributed by atoms with Crippen LogP contribution >= 0.6 is 0 Å². The Balaban J connectivity index is 1.57. The number of carbonyl (C=O) groups is 2. The quantitative estimate of drug-likeness (QED) is 0.530. The van der Waals surface area contributed by atoms with Crippen LogP contribution in [0.5, 0.6) is 5.75 Å². The normalized spacial score (nSPS) is 17.3. The molecule has 10 heteroatoms. The smallest absolute Gasteiger partial charge is 0.310 e. The molecule has 1 heterocycles. The molecule has 1 fully saturated rings. The SMILES string of the molecule is O=C(COC(=O)[C@@H]1CCCN(S(=O)(=O)c2ccc(F)cc2)C1)Nc1ccccc1O. The van der Waals surface area contributed by atoms with Crippen molar-refractivity contribution < 1.29 is 32.2 Å². The maximum atomic E-state index is 13.1. The van der Waals surface area contributed by atoms with Crippen LogP contribution < -0.4 is 5.32 Å². The van der Waals surface area contributed by atoms with E-state index in [1.54, 1.807) is 12.1 Å². The van der Waals surface area contributed by atoms with Crippen LogP contribution in [-0.4, -0.2) is 49.4 Å². The third-order valence-electron chi connectivity index (χ3n) is 4.69. The second-order valence-electron chi connectivity index (χ2n) is 6.83. The van der Waals surface area contributed by atoms with E-state index < -0.39 is 40.2 Å². The Labute approximate surface area is 173 Å². The molecule has 2 aromatic rings. The summed E-state index contributed by atoms with van der Waals surface area (Å²) in [6, 6.07) is 10.6. The van der Waals surface area contributed by atoms with Gasteiger partial charge in [0.1, 0.15) is 11.6 Å². The van der Waals surface area contributed by atoms with Crippen LogP contribution in [0.25, 0.3) is 0 Å². The first-order valence-corrected chi connectivity index (χ1v) is 10.7. The number of piperidine rings is 1. The van der Waals surface area contributed by atoms with E-state index in [0.29, 0.717) is 12.8 Å². The van der Waals surface area contributed by atoms with Crippen molar-refractivity contribution in [2.24, 2.45) is 5.92 Å². The number of sulfonamides is 1. The van der Waals surface area contributed by atoms with Gasteiger partial charge in [-0.15, -0.1) is 0 Å². The minimum Gasteiger partial charge on any atom is -0.506 e. The zero-order chi connectivity index (χ0) is 21.7. The second kappa shape index (κ2) is 9.23. The van der Waals surface area contributed by atoms with Crippen molar-refractivity contribution in [3.63, 3.8) is 0 Å². The lowest BCUT2D eigenvalue weighted by molar-refractivity contribution is -0.152. The summed E-state index contributed by atoms with van der Waals surface area (Å²) in [5.41, 5.74) is 0.188. The number of rotatable bonds is 6. The standard InChI is InChI=1S/C20H21FN2O6S/c21-15-7-9-16(10-8-15)30(27,28)23-11-3-4-14(12-23)20(26)29-13-19(25)22-17-5-1-2-6-18(17)24/h1-2,5-10,14,24H,3-4,11-13H2,(H,22,25)/t14-/m1/s1. The molecule has 0 bridgehead atoms. The number of ether oxygens (including phenoxy) is 1. The first kappa shape index (κ1) is 21.7. The van der Waals surface area contributed by atoms with Crippen molar-refractivity contribution in [3.05, 3.63) is 54.3 Å². The fourth-order valence-corrected chi connectivity index (χ4v) is 4.65. The number of aromatic hydroxyl groups is 1. The summed E-state index contributed by atoms with van der Waals surface area (Å²) < 4.78 is 44.7. The maximum absolute atomic E-state index is 13.1. The van der Waals surface area contributed by atoms with E-state index in [0.717, 1.165) is 16.4 Å². The third kappa shape index (κ3) is 5.14. The van der Waals surface area contributed by atoms with E-state index in [2.05, 4.69) is 5.32 Å². The zero-order valence-corrected chi connectivity index (χ0v) is 16.8. The third-order valence-corrected chi connectivity index (χ3v) is 6.57. The molecule has 2 N–H and O–H groups in total. The molecule has 30 heavy (non-hydrogen) atoms. The number of anilines is 1. The van der Waals surface area contributed by atoms with Crippen LogP contribution in [0.1, 0.15) is 12.8 Å². The topological polar surface area (TPSA) is 113 Å². The van der Waals surface area contributed by atoms with Gasteiger partial charge in [-0.05, 0) is 49.2 Å². The summed E-state index contributed by atoms with van der Waals surface area (Å²) in [6.07, 6.45) is 0.875. The van der Waals surface area contributed by atoms with Crippen LogP contribution in [0.4, 0.5) is 10.1 Å². The number of hydrogen-bond donors (Lipinski definition) is 2. The molecule has 8 nitrogen and oxygen atoms in total. The molecular formula is C20H21FN2O6S. The molecule has 0 aromatic heterocycles. The van der Waals surface area contributed by atoms with Crippen LogP contribution in [0.3, 0.4) is 0 Å². The average Bonchev–Trinajstić information content (AvgIpc) is 2.74. The summed E-state index contributed by atoms with van der Waals surface area (Å²) in [4.78, 5) is 24.2. The van der Waals surface area contributed by atoms with Gasteiger partial charge < -0.3 is 15.2 Å². The number of para-hydroxylation sites is 2. The molecule has 1 aliphatic heterocycles. The molecular weight excluding hydrogens is 415 g/mol. The molecule has 0 unspecified atom stereocenters. The predicted octanol–water partition coefficient (Wildman–Crippen LogP) is 2.11. The van der Waals surface area contributed by atoms with Crippen LogP contribution in [0, 0.1) is 11.7 Å². The van der Waals surface area contributed by atoms with Gasteiger partial charge in [-0.1, -0.05) is 12.1 Å². The van der Waals surface area contributed by atoms with E-state index >= 15 is 0 Å². The zero-order valence-electron chi connectivity index (χ0n) is 16.0. The minimum atomic E-state index is -3.87. The number of phenolic OH excluding ortho intramolecular Hbond substituents is 1. The van der Waals surface area contributed by atoms with Crippen molar-refractivity contribution >= 4 is 27.6 Å². The predicted molar refractivity (Wildman–Crippen MR) is 106 cm³/mol. The molecule has 1 amide bonds. The molecule has 0 saturated carbocycles. The summed E-state index contributed by atoms with van der Waals surface area (Å²) in [5, 5.41) is 12.1. The number of nitrogens with zero attached hydrogens (tertiary/aromatic N) is 1. The average molecular weight is 436 g/mol. The molecule has 0 spiro atoms. The lowest BCUT2D eigenvalue weighted by Crippen LogP contribution is -2.43. The largest absolute Gasteiger partial charge is 0.506 e. The lowest BCUT2D eigenvalue weighted by Gasteiger charge is -2.30. The molecule has 1 saturated heterocycles. The number of hydrogen-bond acceptors (Lipinski definition) is 6. The highest BCUT2D eigenvalue weighted by molar-refractivity contribution is 7.89. The van der Waals surface area contributed by atoms with Crippen LogP contribution in [0.2, 0.25) is 0 Å². The minimum absolute atomic E-state index is 0.0556. The van der Waals surface area contributed by atoms with Gasteiger partial charge >= 0.3 is 5.97 Å². The Morgan fingerprint density at radius 3 is 2.57 bits per heavy atom. The second-order valence-corrected chi connectivity index (χ2v) is 8.77. The Hall–Kier alpha value is -2.98. The van der Waals surface area contributed by atoms with Crippen molar-refractivity contribution in [2.45, 2.75) is 17.7 Å². The molecule has 160 valence electrons. The fourth-order valence-electron chi connectivity index (χ4n) is 3.13. The highest BCUT2D eigenvalue weighted by Gasteiger charge is 2.34. The van der Waals surface area contributed by atoms with E-state index in [4.69, 9.17) is 4.74 Å². The fraction of sp³-hybridized carbons (Fsp3) is 0.300. The molecule has 1 aliphatic rings. The summed E-state index contributed by atoms with van der Waals surface area (Å²) in [7, 11) is -3.87. The maximum Gasteiger partial charge on any atom is 0.310 e. The number of benzene rings is 2. The molecule has 2 aromatic carbocycles. The Kier molecular flexibility index (Phi) is 6.68. The van der Waals surface area contributed by atoms with Gasteiger partial charge in [0.05, 0.1) is 16.5 Å². The summed E-state index contributed by atoms with van der Waals surface area (Å²) in [6.45, 7) is -0.411. The number of esters is 1. The highest BCUT2D eigenvalue weighted by atomic mass is 32.2. The van der Waals surface area contributed by atoms with Crippen molar-refractivity contribution in [1.82, 2.24) is 4.31 Å². The number of phenols is 1. The summed E-state index contributed by atoms with van der Waals surface area (Å²) in [5.74, 6) is -2.69. The Bertz CT molecular complexity index is 1030. The van der Waals surface area contributed by atoms with E-state index in [9.17, 15) is 27.5 Å². The first-order valence-electron chi connectivity index (χ1n) is 9.27. The van der Waals surface area contributed by atoms with E-state index in [-0.39, 0.29) is 29.4 Å². The number of amides is 1. The molecule has 3 rings (SSSR count). The van der Waals surface area contributed by atoms with Gasteiger partial charge in [-0.2, -0.15) is 4.31 Å². The van der Waals surface area contributed by atoms with Crippen molar-refractivity contribution in [3.8, 4) is 5.75 Å². The van der Waals surface area contributed by atoms with Gasteiger partial charge in [-0.3, -0.25) is 9.59 Å². The molecule has 0 radical (unpaired) electrons. The Morgan fingerprint density at radius 1 is 1.17 bits per heavy atom. The van der Waals surface area contributed by atoms with Crippen molar-refractivity contribution in [2.75, 3.05) is 25.0 Å². The van der Waals surface area contributed by atoms with Gasteiger partial charge in [0.2, 0.25) is 10.0 Å². The highest BCUT2D eigenvalue weighted by Crippen LogP contribution is 2.25. The van der Waals surface area contributed by atoms with Crippen LogP contribution in [-0.2, 0) is 24.3 Å². The Morgan fingerprint density at radius 2 is 1.87 bits per heavy atom. The number of halogens is 1. The monoisotopic (exact) mass is 436 g/mol. The van der Waals surface area contributed by atoms with Gasteiger partial charge in [0, 0.05) is 13.1 Å². The van der Waals surface area contributed by atoms with Gasteiger partial charge in [0.15, 0.2) is 6.61 Å². The number of carbonyl (C=O) groups excluding carboxylic acids is 2. The molecule has 1 atom stereocenters. The van der Waals surface area contributed by atoms with Crippen molar-refractivity contribution in [1.29, 1.82) is 0 Å². The van der Waals surface area contributed by atoms with E-state index in [1.807, 2.05) is 0 Å².